The van der Waals surface area contributed by atoms with Gasteiger partial charge in [0.15, 0.2) is 0 Å². The van der Waals surface area contributed by atoms with Gasteiger partial charge in [-0.1, -0.05) is 12.5 Å². The van der Waals surface area contributed by atoms with Crippen LogP contribution in [0, 0.1) is 24.7 Å². The van der Waals surface area contributed by atoms with Gasteiger partial charge in [0.25, 0.3) is 0 Å². The molecular formula is C23H24N8O. The third kappa shape index (κ3) is 4.30. The van der Waals surface area contributed by atoms with E-state index in [1.165, 1.54) is 12.4 Å². The number of hydrazone groups is 1. The predicted molar refractivity (Wildman–Crippen MR) is 123 cm³/mol. The third-order valence-electron chi connectivity index (χ3n) is 5.50. The lowest BCUT2D eigenvalue weighted by Crippen LogP contribution is -2.27. The van der Waals surface area contributed by atoms with Gasteiger partial charge >= 0.3 is 0 Å². The first kappa shape index (κ1) is 21.1. The number of aryl methyl sites for hydroxylation is 1. The Morgan fingerprint density at radius 1 is 1.44 bits per heavy atom. The summed E-state index contributed by atoms with van der Waals surface area (Å²) in [5, 5.41) is 3.88. The van der Waals surface area contributed by atoms with Crippen LogP contribution in [0.4, 0.5) is 5.82 Å². The number of amides is 1. The Kier molecular flexibility index (Phi) is 5.85. The van der Waals surface area contributed by atoms with Gasteiger partial charge in [0.05, 0.1) is 22.3 Å². The van der Waals surface area contributed by atoms with Crippen molar-refractivity contribution in [2.75, 3.05) is 18.8 Å². The Labute approximate surface area is 185 Å². The molecule has 32 heavy (non-hydrogen) atoms. The number of nitrogen functional groups attached to an aromatic ring is 1. The lowest BCUT2D eigenvalue weighted by atomic mass is 9.97. The summed E-state index contributed by atoms with van der Waals surface area (Å²) in [7, 11) is 0. The second kappa shape index (κ2) is 8.89. The van der Waals surface area contributed by atoms with E-state index in [1.54, 1.807) is 4.90 Å². The zero-order valence-corrected chi connectivity index (χ0v) is 17.8. The monoisotopic (exact) mass is 428 g/mol. The van der Waals surface area contributed by atoms with Crippen molar-refractivity contribution < 1.29 is 4.79 Å². The van der Waals surface area contributed by atoms with E-state index >= 15 is 0 Å². The van der Waals surface area contributed by atoms with Gasteiger partial charge < -0.3 is 21.5 Å². The molecule has 1 aromatic carbocycles. The molecule has 3 aromatic rings. The number of fused-ring (bicyclic) bond motifs is 1. The molecule has 0 bridgehead atoms. The number of nitrogens with zero attached hydrogens (tertiary/aromatic N) is 5. The molecule has 0 spiro atoms. The summed E-state index contributed by atoms with van der Waals surface area (Å²) < 4.78 is 0. The number of nitrogens with two attached hydrogens (primary N) is 2. The number of carbonyl (C=O) groups excluding carboxylic acids is 1. The molecule has 0 aliphatic carbocycles. The number of nitrogens with one attached hydrogen (secondary N) is 1. The minimum Gasteiger partial charge on any atom is -0.383 e. The van der Waals surface area contributed by atoms with Gasteiger partial charge in [-0.25, -0.2) is 15.0 Å². The van der Waals surface area contributed by atoms with Crippen LogP contribution >= 0.6 is 0 Å². The molecule has 9 nitrogen and oxygen atoms in total. The minimum atomic E-state index is -0.0607. The molecule has 1 aliphatic rings. The van der Waals surface area contributed by atoms with Crippen LogP contribution in [0.5, 0.6) is 0 Å². The van der Waals surface area contributed by atoms with Crippen molar-refractivity contribution in [1.29, 1.82) is 0 Å². The van der Waals surface area contributed by atoms with E-state index in [0.29, 0.717) is 36.5 Å². The topological polar surface area (TPSA) is 139 Å². The standard InChI is InChI=1S/C23H24N8O/c1-3-21(32)31-9-8-16(12-31)11-20-22(23(24)27-13-26-20)18(30-25)7-5-15-4-6-17-19(10-15)29-14(2)28-17/h3-4,6,10,13,16H,1,8-9,11-12,25H2,2H3,(H,28,29)(H2,24,26,27)/b30-18-/t16-/m1/s1. The molecule has 1 fully saturated rings. The molecule has 3 heterocycles. The van der Waals surface area contributed by atoms with Crippen molar-refractivity contribution in [3.63, 3.8) is 0 Å². The van der Waals surface area contributed by atoms with Gasteiger partial charge in [-0.3, -0.25) is 4.79 Å². The van der Waals surface area contributed by atoms with Crippen molar-refractivity contribution >= 4 is 28.5 Å². The third-order valence-corrected chi connectivity index (χ3v) is 5.50. The van der Waals surface area contributed by atoms with E-state index < -0.39 is 0 Å². The Morgan fingerprint density at radius 2 is 2.28 bits per heavy atom. The highest BCUT2D eigenvalue weighted by atomic mass is 16.2. The molecule has 1 aliphatic heterocycles. The molecule has 0 saturated carbocycles. The molecule has 1 atom stereocenters. The molecule has 2 aromatic heterocycles. The number of aromatic amines is 1. The second-order valence-corrected chi connectivity index (χ2v) is 7.71. The predicted octanol–water partition coefficient (Wildman–Crippen LogP) is 1.54. The molecule has 9 heteroatoms. The fraction of sp³-hybridized carbons (Fsp3) is 0.261. The SMILES string of the molecule is C=CC(=O)N1CC[C@H](Cc2ncnc(N)c2/C(C#Cc2ccc3nc(C)[nH]c3c2)=N\N)C1. The van der Waals surface area contributed by atoms with Crippen LogP contribution in [0.2, 0.25) is 0 Å². The Hall–Kier alpha value is -4.19. The molecule has 162 valence electrons. The van der Waals surface area contributed by atoms with E-state index in [2.05, 4.69) is 43.5 Å². The number of anilines is 1. The van der Waals surface area contributed by atoms with Crippen LogP contribution in [0.3, 0.4) is 0 Å². The highest BCUT2D eigenvalue weighted by molar-refractivity contribution is 6.16. The van der Waals surface area contributed by atoms with E-state index in [0.717, 1.165) is 28.8 Å². The number of rotatable bonds is 4. The van der Waals surface area contributed by atoms with E-state index in [4.69, 9.17) is 11.6 Å². The van der Waals surface area contributed by atoms with Crippen molar-refractivity contribution in [2.24, 2.45) is 16.9 Å². The number of hydrogen-bond acceptors (Lipinski definition) is 7. The summed E-state index contributed by atoms with van der Waals surface area (Å²) in [6.07, 6.45) is 4.25. The number of likely N-dealkylation sites (tertiary alicyclic amines) is 1. The van der Waals surface area contributed by atoms with Gasteiger partial charge in [-0.05, 0) is 55.9 Å². The highest BCUT2D eigenvalue weighted by Crippen LogP contribution is 2.24. The van der Waals surface area contributed by atoms with E-state index in [-0.39, 0.29) is 17.6 Å². The number of H-pyrrole nitrogens is 1. The number of carbonyl (C=O) groups is 1. The van der Waals surface area contributed by atoms with Gasteiger partial charge in [0.1, 0.15) is 23.7 Å². The average molecular weight is 429 g/mol. The molecule has 1 amide bonds. The minimum absolute atomic E-state index is 0.0607. The van der Waals surface area contributed by atoms with Crippen molar-refractivity contribution in [3.05, 3.63) is 59.8 Å². The van der Waals surface area contributed by atoms with Crippen LogP contribution in [-0.2, 0) is 11.2 Å². The number of aromatic nitrogens is 4. The van der Waals surface area contributed by atoms with Crippen LogP contribution in [0.15, 0.2) is 42.3 Å². The summed E-state index contributed by atoms with van der Waals surface area (Å²) in [6.45, 7) is 6.79. The van der Waals surface area contributed by atoms with Gasteiger partial charge in [-0.15, -0.1) is 0 Å². The number of imidazole rings is 1. The second-order valence-electron chi connectivity index (χ2n) is 7.71. The van der Waals surface area contributed by atoms with Crippen LogP contribution < -0.4 is 11.6 Å². The van der Waals surface area contributed by atoms with Gasteiger partial charge in [-0.2, -0.15) is 5.10 Å². The Bertz CT molecular complexity index is 1280. The largest absolute Gasteiger partial charge is 0.383 e. The quantitative estimate of drug-likeness (QED) is 0.189. The number of benzene rings is 1. The molecular weight excluding hydrogens is 404 g/mol. The zero-order chi connectivity index (χ0) is 22.7. The lowest BCUT2D eigenvalue weighted by Gasteiger charge is -2.15. The molecule has 1 saturated heterocycles. The van der Waals surface area contributed by atoms with Crippen molar-refractivity contribution in [3.8, 4) is 11.8 Å². The van der Waals surface area contributed by atoms with Crippen LogP contribution in [0.1, 0.15) is 29.1 Å². The smallest absolute Gasteiger partial charge is 0.245 e. The van der Waals surface area contributed by atoms with Gasteiger partial charge in [0, 0.05) is 18.7 Å². The maximum atomic E-state index is 11.9. The van der Waals surface area contributed by atoms with Crippen LogP contribution in [0.25, 0.3) is 11.0 Å². The fourth-order valence-electron chi connectivity index (χ4n) is 3.96. The average Bonchev–Trinajstić information content (AvgIpc) is 3.40. The molecule has 5 N–H and O–H groups in total. The molecule has 4 rings (SSSR count). The van der Waals surface area contributed by atoms with Gasteiger partial charge in [0.2, 0.25) is 5.91 Å². The van der Waals surface area contributed by atoms with Crippen molar-refractivity contribution in [2.45, 2.75) is 19.8 Å². The first-order valence-corrected chi connectivity index (χ1v) is 10.3. The molecule has 0 radical (unpaired) electrons. The first-order valence-electron chi connectivity index (χ1n) is 10.3. The Balaban J connectivity index is 1.60. The summed E-state index contributed by atoms with van der Waals surface area (Å²) in [6, 6.07) is 5.72. The lowest BCUT2D eigenvalue weighted by molar-refractivity contribution is -0.125. The summed E-state index contributed by atoms with van der Waals surface area (Å²) in [5.74, 6) is 13.1. The maximum Gasteiger partial charge on any atom is 0.245 e. The fourth-order valence-corrected chi connectivity index (χ4v) is 3.96. The summed E-state index contributed by atoms with van der Waals surface area (Å²) in [4.78, 5) is 29.8. The number of hydrogen-bond donors (Lipinski definition) is 3. The van der Waals surface area contributed by atoms with E-state index in [9.17, 15) is 4.79 Å². The molecule has 0 unspecified atom stereocenters. The normalized spacial score (nSPS) is 16.1. The summed E-state index contributed by atoms with van der Waals surface area (Å²) in [5.41, 5.74) is 10.3. The Morgan fingerprint density at radius 3 is 3.06 bits per heavy atom. The van der Waals surface area contributed by atoms with Crippen LogP contribution in [-0.4, -0.2) is 49.5 Å². The highest BCUT2D eigenvalue weighted by Gasteiger charge is 2.27. The summed E-state index contributed by atoms with van der Waals surface area (Å²) >= 11 is 0. The van der Waals surface area contributed by atoms with E-state index in [1.807, 2.05) is 25.1 Å². The first-order chi connectivity index (χ1) is 15.5. The maximum absolute atomic E-state index is 11.9. The van der Waals surface area contributed by atoms with Crippen molar-refractivity contribution in [1.82, 2.24) is 24.8 Å². The zero-order valence-electron chi connectivity index (χ0n) is 17.8.